The molecular weight excluding hydrogens is 367 g/mol. The molecule has 1 aromatic heterocycles. The summed E-state index contributed by atoms with van der Waals surface area (Å²) in [5, 5.41) is 3.49. The fourth-order valence-electron chi connectivity index (χ4n) is 3.46. The van der Waals surface area contributed by atoms with Gasteiger partial charge in [-0.3, -0.25) is 9.78 Å². The lowest BCUT2D eigenvalue weighted by molar-refractivity contribution is 0.0793. The number of pyridine rings is 1. The van der Waals surface area contributed by atoms with Crippen LogP contribution in [0.2, 0.25) is 0 Å². The quantitative estimate of drug-likeness (QED) is 0.719. The van der Waals surface area contributed by atoms with Crippen molar-refractivity contribution in [3.8, 4) is 0 Å². The number of carbonyl (C=O) groups excluding carboxylic acids is 1. The van der Waals surface area contributed by atoms with Crippen molar-refractivity contribution >= 4 is 22.5 Å². The number of fused-ring (bicyclic) bond motifs is 1. The lowest BCUT2D eigenvalue weighted by Crippen LogP contribution is -2.28. The lowest BCUT2D eigenvalue weighted by atomic mass is 10.1. The molecule has 0 bridgehead atoms. The van der Waals surface area contributed by atoms with Gasteiger partial charge in [-0.25, -0.2) is 13.2 Å². The van der Waals surface area contributed by atoms with Crippen molar-refractivity contribution in [3.05, 3.63) is 71.2 Å². The van der Waals surface area contributed by atoms with Crippen LogP contribution in [-0.4, -0.2) is 28.9 Å². The third kappa shape index (κ3) is 3.52. The van der Waals surface area contributed by atoms with Crippen molar-refractivity contribution in [1.82, 2.24) is 9.88 Å². The van der Waals surface area contributed by atoms with E-state index in [1.165, 1.54) is 36.5 Å². The first-order valence-corrected chi connectivity index (χ1v) is 9.08. The summed E-state index contributed by atoms with van der Waals surface area (Å²) in [5.41, 5.74) is 1.46. The van der Waals surface area contributed by atoms with Crippen LogP contribution in [0.1, 0.15) is 28.8 Å². The molecule has 0 unspecified atom stereocenters. The molecular formula is C21H18F3N3O. The Morgan fingerprint density at radius 3 is 2.50 bits per heavy atom. The number of benzene rings is 2. The Morgan fingerprint density at radius 2 is 1.75 bits per heavy atom. The van der Waals surface area contributed by atoms with Gasteiger partial charge in [-0.05, 0) is 37.1 Å². The van der Waals surface area contributed by atoms with Gasteiger partial charge >= 0.3 is 0 Å². The highest BCUT2D eigenvalue weighted by Gasteiger charge is 2.24. The van der Waals surface area contributed by atoms with Gasteiger partial charge in [0.15, 0.2) is 0 Å². The molecule has 144 valence electrons. The first kappa shape index (κ1) is 18.3. The molecule has 1 N–H and O–H groups in total. The van der Waals surface area contributed by atoms with Crippen LogP contribution in [0, 0.1) is 17.5 Å². The Balaban J connectivity index is 1.75. The van der Waals surface area contributed by atoms with Gasteiger partial charge in [0.05, 0.1) is 16.8 Å². The Labute approximate surface area is 160 Å². The minimum Gasteiger partial charge on any atom is -0.380 e. The number of aromatic nitrogens is 1. The van der Waals surface area contributed by atoms with Crippen molar-refractivity contribution in [2.24, 2.45) is 0 Å². The van der Waals surface area contributed by atoms with Crippen LogP contribution in [0.25, 0.3) is 10.9 Å². The summed E-state index contributed by atoms with van der Waals surface area (Å²) in [6, 6.07) is 7.42. The van der Waals surface area contributed by atoms with E-state index in [1.807, 2.05) is 0 Å². The molecule has 1 aliphatic heterocycles. The van der Waals surface area contributed by atoms with Crippen LogP contribution in [-0.2, 0) is 6.54 Å². The molecule has 7 heteroatoms. The summed E-state index contributed by atoms with van der Waals surface area (Å²) in [5.74, 6) is -2.01. The van der Waals surface area contributed by atoms with Crippen molar-refractivity contribution in [2.45, 2.75) is 19.4 Å². The van der Waals surface area contributed by atoms with E-state index in [2.05, 4.69) is 10.3 Å². The summed E-state index contributed by atoms with van der Waals surface area (Å²) >= 11 is 0. The Kier molecular flexibility index (Phi) is 4.90. The van der Waals surface area contributed by atoms with Crippen LogP contribution >= 0.6 is 0 Å². The molecule has 28 heavy (non-hydrogen) atoms. The number of rotatable bonds is 4. The molecule has 4 nitrogen and oxygen atoms in total. The largest absolute Gasteiger partial charge is 0.380 e. The van der Waals surface area contributed by atoms with Crippen LogP contribution in [0.3, 0.4) is 0 Å². The predicted octanol–water partition coefficient (Wildman–Crippen LogP) is 4.50. The fraction of sp³-hybridized carbons (Fsp3) is 0.238. The molecule has 1 aliphatic rings. The van der Waals surface area contributed by atoms with Gasteiger partial charge in [0, 0.05) is 42.8 Å². The van der Waals surface area contributed by atoms with Gasteiger partial charge in [0.25, 0.3) is 5.91 Å². The monoisotopic (exact) mass is 385 g/mol. The topological polar surface area (TPSA) is 45.2 Å². The smallest absolute Gasteiger partial charge is 0.257 e. The summed E-state index contributed by atoms with van der Waals surface area (Å²) in [4.78, 5) is 19.0. The normalized spacial score (nSPS) is 13.9. The molecule has 0 spiro atoms. The second kappa shape index (κ2) is 7.50. The van der Waals surface area contributed by atoms with E-state index in [0.717, 1.165) is 18.9 Å². The number of likely N-dealkylation sites (tertiary alicyclic amines) is 1. The van der Waals surface area contributed by atoms with E-state index in [9.17, 15) is 18.0 Å². The molecule has 4 rings (SSSR count). The molecule has 0 radical (unpaired) electrons. The molecule has 2 heterocycles. The summed E-state index contributed by atoms with van der Waals surface area (Å²) in [6.07, 6.45) is 3.33. The number of halogens is 3. The highest BCUT2D eigenvalue weighted by molar-refractivity contribution is 6.07. The number of carbonyl (C=O) groups is 1. The molecule has 1 amide bonds. The van der Waals surface area contributed by atoms with E-state index in [0.29, 0.717) is 35.2 Å². The first-order chi connectivity index (χ1) is 13.5. The average Bonchev–Trinajstić information content (AvgIpc) is 3.21. The predicted molar refractivity (Wildman–Crippen MR) is 101 cm³/mol. The molecule has 0 atom stereocenters. The zero-order chi connectivity index (χ0) is 19.7. The van der Waals surface area contributed by atoms with Gasteiger partial charge < -0.3 is 10.2 Å². The lowest BCUT2D eigenvalue weighted by Gasteiger charge is -2.19. The number of hydrogen-bond donors (Lipinski definition) is 1. The minimum absolute atomic E-state index is 0.0159. The van der Waals surface area contributed by atoms with E-state index in [1.54, 1.807) is 4.90 Å². The molecule has 1 saturated heterocycles. The van der Waals surface area contributed by atoms with E-state index < -0.39 is 17.5 Å². The Hall–Kier alpha value is -3.09. The van der Waals surface area contributed by atoms with Crippen molar-refractivity contribution < 1.29 is 18.0 Å². The number of hydrogen-bond acceptors (Lipinski definition) is 3. The third-order valence-corrected chi connectivity index (χ3v) is 4.92. The van der Waals surface area contributed by atoms with Crippen LogP contribution in [0.4, 0.5) is 18.9 Å². The third-order valence-electron chi connectivity index (χ3n) is 4.92. The van der Waals surface area contributed by atoms with Gasteiger partial charge in [-0.1, -0.05) is 6.07 Å². The number of nitrogens with one attached hydrogen (secondary N) is 1. The maximum Gasteiger partial charge on any atom is 0.257 e. The average molecular weight is 385 g/mol. The highest BCUT2D eigenvalue weighted by atomic mass is 19.1. The van der Waals surface area contributed by atoms with E-state index >= 15 is 0 Å². The summed E-state index contributed by atoms with van der Waals surface area (Å²) < 4.78 is 41.0. The van der Waals surface area contributed by atoms with Gasteiger partial charge in [0.2, 0.25) is 0 Å². The van der Waals surface area contributed by atoms with E-state index in [4.69, 9.17) is 0 Å². The second-order valence-electron chi connectivity index (χ2n) is 6.80. The summed E-state index contributed by atoms with van der Waals surface area (Å²) in [7, 11) is 0. The molecule has 1 fully saturated rings. The zero-order valence-corrected chi connectivity index (χ0v) is 15.0. The van der Waals surface area contributed by atoms with Gasteiger partial charge in [-0.15, -0.1) is 0 Å². The van der Waals surface area contributed by atoms with Crippen molar-refractivity contribution in [3.63, 3.8) is 0 Å². The fourth-order valence-corrected chi connectivity index (χ4v) is 3.46. The Bertz CT molecular complexity index is 1050. The highest BCUT2D eigenvalue weighted by Crippen LogP contribution is 2.29. The molecule has 0 aliphatic carbocycles. The van der Waals surface area contributed by atoms with Gasteiger partial charge in [-0.2, -0.15) is 0 Å². The Morgan fingerprint density at radius 1 is 1.04 bits per heavy atom. The van der Waals surface area contributed by atoms with Crippen molar-refractivity contribution in [1.29, 1.82) is 0 Å². The van der Waals surface area contributed by atoms with E-state index in [-0.39, 0.29) is 18.0 Å². The molecule has 0 saturated carbocycles. The second-order valence-corrected chi connectivity index (χ2v) is 6.80. The van der Waals surface area contributed by atoms with Gasteiger partial charge in [0.1, 0.15) is 17.5 Å². The van der Waals surface area contributed by atoms with Crippen LogP contribution < -0.4 is 5.32 Å². The maximum absolute atomic E-state index is 14.0. The number of nitrogens with zero attached hydrogens (tertiary/aromatic N) is 2. The van der Waals surface area contributed by atoms with Crippen LogP contribution in [0.5, 0.6) is 0 Å². The van der Waals surface area contributed by atoms with Crippen LogP contribution in [0.15, 0.2) is 42.6 Å². The maximum atomic E-state index is 14.0. The first-order valence-electron chi connectivity index (χ1n) is 9.08. The number of amides is 1. The summed E-state index contributed by atoms with van der Waals surface area (Å²) in [6.45, 7) is 1.33. The van der Waals surface area contributed by atoms with Crippen molar-refractivity contribution in [2.75, 3.05) is 18.4 Å². The molecule has 2 aromatic carbocycles. The minimum atomic E-state index is -0.690. The zero-order valence-electron chi connectivity index (χ0n) is 15.0. The number of anilines is 1. The standard InChI is InChI=1S/C21H18F3N3O/c22-14-5-6-19-16(9-14)20(26-11-13-3-4-15(23)10-18(13)24)17(12-25-19)21(28)27-7-1-2-8-27/h3-6,9-10,12H,1-2,7-8,11H2,(H,25,26). The molecule has 3 aromatic rings. The SMILES string of the molecule is O=C(c1cnc2ccc(F)cc2c1NCc1ccc(F)cc1F)N1CCCC1.